The van der Waals surface area contributed by atoms with Gasteiger partial charge in [-0.15, -0.1) is 0 Å². The first kappa shape index (κ1) is 13.0. The molecule has 0 aliphatic heterocycles. The number of rotatable bonds is 5. The molecule has 0 atom stereocenters. The van der Waals surface area contributed by atoms with Crippen LogP contribution in [0.1, 0.15) is 29.3 Å². The van der Waals surface area contributed by atoms with Gasteiger partial charge in [0.15, 0.2) is 5.78 Å². The van der Waals surface area contributed by atoms with E-state index < -0.39 is 0 Å². The van der Waals surface area contributed by atoms with Crippen LogP contribution >= 0.6 is 15.9 Å². The van der Waals surface area contributed by atoms with Crippen molar-refractivity contribution in [3.8, 4) is 11.5 Å². The number of benzene rings is 1. The van der Waals surface area contributed by atoms with Crippen LogP contribution in [0.5, 0.6) is 11.5 Å². The predicted molar refractivity (Wildman–Crippen MR) is 66.8 cm³/mol. The van der Waals surface area contributed by atoms with E-state index in [1.165, 1.54) is 6.92 Å². The molecule has 0 aliphatic rings. The van der Waals surface area contributed by atoms with Gasteiger partial charge in [0, 0.05) is 10.9 Å². The van der Waals surface area contributed by atoms with E-state index in [-0.39, 0.29) is 11.5 Å². The van der Waals surface area contributed by atoms with Crippen LogP contribution in [0.15, 0.2) is 12.1 Å². The van der Waals surface area contributed by atoms with Crippen molar-refractivity contribution >= 4 is 21.7 Å². The zero-order valence-corrected chi connectivity index (χ0v) is 11.0. The summed E-state index contributed by atoms with van der Waals surface area (Å²) >= 11 is 3.31. The van der Waals surface area contributed by atoms with Gasteiger partial charge in [-0.05, 0) is 32.4 Å². The smallest absolute Gasteiger partial charge is 0.163 e. The van der Waals surface area contributed by atoms with E-state index in [9.17, 15) is 9.90 Å². The highest BCUT2D eigenvalue weighted by atomic mass is 79.9. The summed E-state index contributed by atoms with van der Waals surface area (Å²) in [6, 6.07) is 3.31. The number of phenols is 1. The number of carbonyl (C=O) groups is 1. The molecule has 1 aromatic rings. The Hall–Kier alpha value is -1.03. The Kier molecular flexibility index (Phi) is 4.80. The Balaban J connectivity index is 2.89. The third kappa shape index (κ3) is 2.98. The Labute approximate surface area is 104 Å². The van der Waals surface area contributed by atoms with Crippen LogP contribution in [0.3, 0.4) is 0 Å². The Morgan fingerprint density at radius 1 is 1.50 bits per heavy atom. The van der Waals surface area contributed by atoms with E-state index in [1.807, 2.05) is 0 Å². The molecule has 0 saturated carbocycles. The molecule has 0 bridgehead atoms. The minimum Gasteiger partial charge on any atom is -0.507 e. The maximum Gasteiger partial charge on any atom is 0.163 e. The van der Waals surface area contributed by atoms with Crippen molar-refractivity contribution in [2.24, 2.45) is 0 Å². The van der Waals surface area contributed by atoms with Crippen molar-refractivity contribution in [1.29, 1.82) is 0 Å². The number of Topliss-reactive ketones (excluding diaryl/α,β-unsaturated/α-hetero) is 1. The molecule has 1 aromatic carbocycles. The van der Waals surface area contributed by atoms with Gasteiger partial charge in [-0.25, -0.2) is 0 Å². The van der Waals surface area contributed by atoms with Crippen molar-refractivity contribution in [3.63, 3.8) is 0 Å². The zero-order chi connectivity index (χ0) is 12.1. The lowest BCUT2D eigenvalue weighted by molar-refractivity contribution is 0.101. The standard InChI is InChI=1S/C12H15BrO3/c1-8-11(16-7-3-6-13)5-4-10(9(2)14)12(8)15/h4-5,15H,3,6-7H2,1-2H3. The number of hydrogen-bond acceptors (Lipinski definition) is 3. The van der Waals surface area contributed by atoms with Crippen LogP contribution in [0.4, 0.5) is 0 Å². The molecule has 16 heavy (non-hydrogen) atoms. The number of aromatic hydroxyl groups is 1. The van der Waals surface area contributed by atoms with Crippen LogP contribution in [0.25, 0.3) is 0 Å². The first-order valence-corrected chi connectivity index (χ1v) is 6.22. The second kappa shape index (κ2) is 5.89. The normalized spacial score (nSPS) is 10.2. The summed E-state index contributed by atoms with van der Waals surface area (Å²) in [5, 5.41) is 10.7. The molecule has 0 radical (unpaired) electrons. The highest BCUT2D eigenvalue weighted by Gasteiger charge is 2.12. The van der Waals surface area contributed by atoms with E-state index in [0.29, 0.717) is 23.5 Å². The highest BCUT2D eigenvalue weighted by molar-refractivity contribution is 9.09. The summed E-state index contributed by atoms with van der Waals surface area (Å²) in [4.78, 5) is 11.2. The second-order valence-corrected chi connectivity index (χ2v) is 4.33. The quantitative estimate of drug-likeness (QED) is 0.514. The molecule has 88 valence electrons. The van der Waals surface area contributed by atoms with Gasteiger partial charge >= 0.3 is 0 Å². The minimum absolute atomic E-state index is 0.0174. The molecular formula is C12H15BrO3. The van der Waals surface area contributed by atoms with Gasteiger partial charge in [-0.2, -0.15) is 0 Å². The van der Waals surface area contributed by atoms with Crippen molar-refractivity contribution in [2.75, 3.05) is 11.9 Å². The molecule has 1 rings (SSSR count). The van der Waals surface area contributed by atoms with Crippen molar-refractivity contribution in [2.45, 2.75) is 20.3 Å². The van der Waals surface area contributed by atoms with Gasteiger partial charge in [0.25, 0.3) is 0 Å². The van der Waals surface area contributed by atoms with E-state index in [1.54, 1.807) is 19.1 Å². The van der Waals surface area contributed by atoms with Crippen LogP contribution in [-0.2, 0) is 0 Å². The van der Waals surface area contributed by atoms with Crippen LogP contribution in [0.2, 0.25) is 0 Å². The number of carbonyl (C=O) groups excluding carboxylic acids is 1. The second-order valence-electron chi connectivity index (χ2n) is 3.53. The Morgan fingerprint density at radius 3 is 2.75 bits per heavy atom. The summed E-state index contributed by atoms with van der Waals surface area (Å²) in [6.07, 6.45) is 0.897. The molecule has 0 heterocycles. The Bertz CT molecular complexity index is 388. The molecule has 0 fully saturated rings. The number of hydrogen-bond donors (Lipinski definition) is 1. The number of alkyl halides is 1. The summed E-state index contributed by atoms with van der Waals surface area (Å²) < 4.78 is 5.49. The van der Waals surface area contributed by atoms with Gasteiger partial charge in [0.2, 0.25) is 0 Å². The van der Waals surface area contributed by atoms with Crippen molar-refractivity contribution in [3.05, 3.63) is 23.3 Å². The topological polar surface area (TPSA) is 46.5 Å². The number of halogens is 1. The number of ether oxygens (including phenoxy) is 1. The summed E-state index contributed by atoms with van der Waals surface area (Å²) in [5.74, 6) is 0.500. The first-order chi connectivity index (χ1) is 7.57. The molecule has 0 aliphatic carbocycles. The van der Waals surface area contributed by atoms with Gasteiger partial charge in [-0.1, -0.05) is 15.9 Å². The zero-order valence-electron chi connectivity index (χ0n) is 9.42. The largest absolute Gasteiger partial charge is 0.507 e. The van der Waals surface area contributed by atoms with Crippen molar-refractivity contribution < 1.29 is 14.6 Å². The van der Waals surface area contributed by atoms with E-state index in [0.717, 1.165) is 11.8 Å². The van der Waals surface area contributed by atoms with Gasteiger partial charge in [0.05, 0.1) is 12.2 Å². The fourth-order valence-electron chi connectivity index (χ4n) is 1.36. The molecule has 0 spiro atoms. The molecule has 0 saturated heterocycles. The fraction of sp³-hybridized carbons (Fsp3) is 0.417. The maximum absolute atomic E-state index is 11.2. The van der Waals surface area contributed by atoms with Gasteiger partial charge < -0.3 is 9.84 Å². The Morgan fingerprint density at radius 2 is 2.19 bits per heavy atom. The van der Waals surface area contributed by atoms with Crippen molar-refractivity contribution in [1.82, 2.24) is 0 Å². The monoisotopic (exact) mass is 286 g/mol. The summed E-state index contributed by atoms with van der Waals surface area (Å²) in [6.45, 7) is 3.76. The lowest BCUT2D eigenvalue weighted by atomic mass is 10.1. The fourth-order valence-corrected chi connectivity index (χ4v) is 1.59. The number of phenolic OH excluding ortho intramolecular Hbond substituents is 1. The first-order valence-electron chi connectivity index (χ1n) is 5.10. The summed E-state index contributed by atoms with van der Waals surface area (Å²) in [7, 11) is 0. The van der Waals surface area contributed by atoms with E-state index in [4.69, 9.17) is 4.74 Å². The summed E-state index contributed by atoms with van der Waals surface area (Å²) in [5.41, 5.74) is 0.951. The molecule has 3 nitrogen and oxygen atoms in total. The molecule has 0 amide bonds. The van der Waals surface area contributed by atoms with Crippen LogP contribution < -0.4 is 4.74 Å². The lowest BCUT2D eigenvalue weighted by Gasteiger charge is -2.11. The van der Waals surface area contributed by atoms with Crippen LogP contribution in [0, 0.1) is 6.92 Å². The number of ketones is 1. The molecular weight excluding hydrogens is 272 g/mol. The third-order valence-corrected chi connectivity index (χ3v) is 2.86. The average molecular weight is 287 g/mol. The van der Waals surface area contributed by atoms with E-state index >= 15 is 0 Å². The average Bonchev–Trinajstić information content (AvgIpc) is 2.24. The van der Waals surface area contributed by atoms with E-state index in [2.05, 4.69) is 15.9 Å². The molecule has 1 N–H and O–H groups in total. The minimum atomic E-state index is -0.146. The van der Waals surface area contributed by atoms with Crippen LogP contribution in [-0.4, -0.2) is 22.8 Å². The molecule has 0 aromatic heterocycles. The third-order valence-electron chi connectivity index (χ3n) is 2.30. The molecule has 0 unspecified atom stereocenters. The lowest BCUT2D eigenvalue weighted by Crippen LogP contribution is -2.01. The SMILES string of the molecule is CC(=O)c1ccc(OCCCBr)c(C)c1O. The molecule has 4 heteroatoms. The predicted octanol–water partition coefficient (Wildman–Crippen LogP) is 3.07. The van der Waals surface area contributed by atoms with Gasteiger partial charge in [-0.3, -0.25) is 4.79 Å². The highest BCUT2D eigenvalue weighted by Crippen LogP contribution is 2.30. The van der Waals surface area contributed by atoms with Gasteiger partial charge in [0.1, 0.15) is 11.5 Å². The maximum atomic E-state index is 11.2.